The normalized spacial score (nSPS) is 18.8. The lowest BCUT2D eigenvalue weighted by Crippen LogP contribution is -2.55. The summed E-state index contributed by atoms with van der Waals surface area (Å²) in [4.78, 5) is 6.02. The van der Waals surface area contributed by atoms with E-state index in [9.17, 15) is 4.55 Å². The lowest BCUT2D eigenvalue weighted by atomic mass is 10.6. The molecule has 0 aliphatic carbocycles. The van der Waals surface area contributed by atoms with E-state index < -0.39 is 11.5 Å². The van der Waals surface area contributed by atoms with Crippen LogP contribution >= 0.6 is 23.1 Å². The van der Waals surface area contributed by atoms with Crippen molar-refractivity contribution in [2.75, 3.05) is 31.3 Å². The third kappa shape index (κ3) is 5.71. The minimum Gasteiger partial charge on any atom is -0.571 e. The van der Waals surface area contributed by atoms with Crippen molar-refractivity contribution < 1.29 is 4.55 Å². The Morgan fingerprint density at radius 2 is 2.43 bits per heavy atom. The highest BCUT2D eigenvalue weighted by Crippen LogP contribution is 2.19. The zero-order valence-electron chi connectivity index (χ0n) is 12.5. The van der Waals surface area contributed by atoms with Gasteiger partial charge in [0.15, 0.2) is 11.1 Å². The summed E-state index contributed by atoms with van der Waals surface area (Å²) in [7, 11) is 1.79. The Hall–Kier alpha value is -1.25. The molecule has 1 atom stereocenters. The standard InChI is InChI=1S/C10H19N9OS3/c1-18-6-19(23(20)17-9(18)13)14-2-3-21-4-7-5-22-10(15-7)16-8(11)12/h5,14H,2-4,6H2,1H3,(H2,13,17)(H4,11,12,15,16). The molecule has 1 unspecified atom stereocenters. The van der Waals surface area contributed by atoms with Gasteiger partial charge in [-0.3, -0.25) is 5.41 Å². The first-order valence-corrected chi connectivity index (χ1v) is 9.67. The molecule has 2 rings (SSSR count). The number of aromatic nitrogens is 1. The molecule has 0 saturated heterocycles. The van der Waals surface area contributed by atoms with Crippen molar-refractivity contribution in [1.82, 2.24) is 19.7 Å². The maximum atomic E-state index is 11.8. The largest absolute Gasteiger partial charge is 0.571 e. The Bertz CT molecular complexity index is 566. The van der Waals surface area contributed by atoms with Gasteiger partial charge in [0.2, 0.25) is 17.5 Å². The fraction of sp³-hybridized carbons (Fsp3) is 0.500. The topological polar surface area (TPSA) is 155 Å². The van der Waals surface area contributed by atoms with Crippen molar-refractivity contribution in [3.8, 4) is 0 Å². The number of guanidine groups is 2. The first kappa shape index (κ1) is 18.1. The van der Waals surface area contributed by atoms with E-state index >= 15 is 0 Å². The van der Waals surface area contributed by atoms with E-state index in [0.717, 1.165) is 17.2 Å². The molecule has 0 fully saturated rings. The molecule has 23 heavy (non-hydrogen) atoms. The third-order valence-electron chi connectivity index (χ3n) is 2.67. The molecule has 2 heterocycles. The molecule has 0 amide bonds. The summed E-state index contributed by atoms with van der Waals surface area (Å²) in [5, 5.41) is 12.4. The quantitative estimate of drug-likeness (QED) is 0.179. The molecule has 0 saturated carbocycles. The lowest BCUT2D eigenvalue weighted by molar-refractivity contribution is 0.239. The number of nitrogens with two attached hydrogens (primary N) is 2. The number of hydrogen-bond donors (Lipinski definition) is 5. The lowest BCUT2D eigenvalue weighted by Gasteiger charge is -2.29. The highest BCUT2D eigenvalue weighted by molar-refractivity contribution is 7.98. The monoisotopic (exact) mass is 377 g/mol. The summed E-state index contributed by atoms with van der Waals surface area (Å²) >= 11 is 1.62. The summed E-state index contributed by atoms with van der Waals surface area (Å²) in [6.07, 6.45) is 0. The van der Waals surface area contributed by atoms with Gasteiger partial charge in [-0.15, -0.1) is 11.3 Å². The first-order chi connectivity index (χ1) is 11.0. The van der Waals surface area contributed by atoms with Crippen LogP contribution in [0.25, 0.3) is 0 Å². The summed E-state index contributed by atoms with van der Waals surface area (Å²) < 4.78 is 17.1. The number of thioether (sulfide) groups is 1. The molecular formula is C10H19N9OS3. The van der Waals surface area contributed by atoms with Gasteiger partial charge in [-0.1, -0.05) is 0 Å². The molecule has 0 spiro atoms. The van der Waals surface area contributed by atoms with E-state index in [0.29, 0.717) is 18.3 Å². The fourth-order valence-corrected chi connectivity index (χ4v) is 4.02. The van der Waals surface area contributed by atoms with Crippen LogP contribution in [0.5, 0.6) is 0 Å². The van der Waals surface area contributed by atoms with Gasteiger partial charge >= 0.3 is 0 Å². The van der Waals surface area contributed by atoms with Crippen LogP contribution in [0.4, 0.5) is 5.13 Å². The van der Waals surface area contributed by atoms with Crippen LogP contribution in [-0.4, -0.2) is 56.8 Å². The van der Waals surface area contributed by atoms with Crippen molar-refractivity contribution in [2.45, 2.75) is 5.75 Å². The Morgan fingerprint density at radius 1 is 1.65 bits per heavy atom. The number of thiazole rings is 1. The summed E-state index contributed by atoms with van der Waals surface area (Å²) in [6, 6.07) is 0. The maximum Gasteiger partial charge on any atom is 0.248 e. The number of anilines is 1. The van der Waals surface area contributed by atoms with E-state index in [-0.39, 0.29) is 11.9 Å². The smallest absolute Gasteiger partial charge is 0.248 e. The Labute approximate surface area is 145 Å². The Kier molecular flexibility index (Phi) is 6.73. The van der Waals surface area contributed by atoms with Gasteiger partial charge in [-0.05, 0) is 4.41 Å². The summed E-state index contributed by atoms with van der Waals surface area (Å²) in [6.45, 7) is 1.07. The minimum absolute atomic E-state index is 0.120. The fourth-order valence-electron chi connectivity index (χ4n) is 1.58. The molecule has 1 aliphatic rings. The molecule has 10 nitrogen and oxygen atoms in total. The number of rotatable bonds is 7. The van der Waals surface area contributed by atoms with Gasteiger partial charge in [0, 0.05) is 34.9 Å². The van der Waals surface area contributed by atoms with Gasteiger partial charge in [-0.25, -0.2) is 10.4 Å². The van der Waals surface area contributed by atoms with Crippen LogP contribution in [0.2, 0.25) is 0 Å². The van der Waals surface area contributed by atoms with Crippen LogP contribution in [0.3, 0.4) is 0 Å². The van der Waals surface area contributed by atoms with Crippen molar-refractivity contribution in [2.24, 2.45) is 15.9 Å². The number of hydrogen-bond acceptors (Lipinski definition) is 10. The second-order valence-electron chi connectivity index (χ2n) is 4.54. The van der Waals surface area contributed by atoms with E-state index in [2.05, 4.69) is 20.1 Å². The van der Waals surface area contributed by atoms with Crippen molar-refractivity contribution in [3.05, 3.63) is 11.1 Å². The van der Waals surface area contributed by atoms with Gasteiger partial charge in [0.05, 0.1) is 5.69 Å². The molecule has 1 aromatic rings. The maximum absolute atomic E-state index is 11.8. The van der Waals surface area contributed by atoms with Crippen LogP contribution in [0, 0.1) is 5.41 Å². The van der Waals surface area contributed by atoms with Gasteiger partial charge in [-0.2, -0.15) is 11.8 Å². The van der Waals surface area contributed by atoms with E-state index in [1.54, 1.807) is 23.7 Å². The van der Waals surface area contributed by atoms with Gasteiger partial charge in [0.1, 0.15) is 6.67 Å². The van der Waals surface area contributed by atoms with E-state index in [1.807, 2.05) is 5.38 Å². The average Bonchev–Trinajstić information content (AvgIpc) is 2.90. The summed E-state index contributed by atoms with van der Waals surface area (Å²) in [5.41, 5.74) is 14.9. The molecule has 0 bridgehead atoms. The van der Waals surface area contributed by atoms with E-state index in [1.165, 1.54) is 15.8 Å². The molecule has 1 aromatic heterocycles. The van der Waals surface area contributed by atoms with Crippen LogP contribution in [0.15, 0.2) is 9.78 Å². The number of hydrazine groups is 1. The van der Waals surface area contributed by atoms with Crippen molar-refractivity contribution in [3.63, 3.8) is 0 Å². The average molecular weight is 378 g/mol. The second-order valence-corrected chi connectivity index (χ2v) is 7.59. The molecule has 0 radical (unpaired) electrons. The summed E-state index contributed by atoms with van der Waals surface area (Å²) in [5.74, 6) is 1.73. The van der Waals surface area contributed by atoms with Crippen LogP contribution in [-0.2, 0) is 17.3 Å². The molecular weight excluding hydrogens is 358 g/mol. The van der Waals surface area contributed by atoms with Gasteiger partial charge < -0.3 is 26.2 Å². The molecule has 0 aromatic carbocycles. The highest BCUT2D eigenvalue weighted by Gasteiger charge is 2.28. The predicted octanol–water partition coefficient (Wildman–Crippen LogP) is -0.715. The van der Waals surface area contributed by atoms with Gasteiger partial charge in [0.25, 0.3) is 0 Å². The van der Waals surface area contributed by atoms with Crippen molar-refractivity contribution in [1.29, 1.82) is 5.41 Å². The van der Waals surface area contributed by atoms with Crippen LogP contribution in [0.1, 0.15) is 5.69 Å². The minimum atomic E-state index is -1.49. The Morgan fingerprint density at radius 3 is 3.17 bits per heavy atom. The molecule has 7 N–H and O–H groups in total. The van der Waals surface area contributed by atoms with Crippen LogP contribution < -0.4 is 22.2 Å². The first-order valence-electron chi connectivity index (χ1n) is 6.57. The predicted molar refractivity (Wildman–Crippen MR) is 96.0 cm³/mol. The zero-order chi connectivity index (χ0) is 16.8. The Balaban J connectivity index is 1.64. The third-order valence-corrected chi connectivity index (χ3v) is 5.43. The number of nitrogens with zero attached hydrogens (tertiary/aromatic N) is 4. The number of nitrogens with one attached hydrogen (secondary N) is 3. The van der Waals surface area contributed by atoms with Crippen molar-refractivity contribution >= 4 is 51.7 Å². The zero-order valence-corrected chi connectivity index (χ0v) is 14.9. The molecule has 128 valence electrons. The highest BCUT2D eigenvalue weighted by atomic mass is 32.2. The molecule has 13 heteroatoms. The second kappa shape index (κ2) is 8.56. The molecule has 1 aliphatic heterocycles. The van der Waals surface area contributed by atoms with E-state index in [4.69, 9.17) is 16.9 Å². The SMILES string of the molecule is CN1CN(NCCSCc2csc(NC(=N)N)n2)[S+]([O-])N=C1N.